The van der Waals surface area contributed by atoms with Crippen LogP contribution in [0.3, 0.4) is 0 Å². The number of nitrogens with zero attached hydrogens (tertiary/aromatic N) is 2. The highest BCUT2D eigenvalue weighted by Gasteiger charge is 2.14. The Balaban J connectivity index is 4.50. The zero-order valence-electron chi connectivity index (χ0n) is 37.4. The molecule has 0 rings (SSSR count). The van der Waals surface area contributed by atoms with Crippen LogP contribution in [0.2, 0.25) is 0 Å². The fourth-order valence-electron chi connectivity index (χ4n) is 7.15. The van der Waals surface area contributed by atoms with E-state index in [0.717, 1.165) is 116 Å². The van der Waals surface area contributed by atoms with Crippen LogP contribution >= 0.6 is 0 Å². The highest BCUT2D eigenvalue weighted by atomic mass is 16.5. The molecule has 0 aliphatic carbocycles. The van der Waals surface area contributed by atoms with Gasteiger partial charge < -0.3 is 24.6 Å². The van der Waals surface area contributed by atoms with Crippen LogP contribution in [-0.2, 0) is 23.9 Å². The number of nitrogens with one attached hydrogen (secondary N) is 1. The summed E-state index contributed by atoms with van der Waals surface area (Å²) in [7, 11) is 1.63. The van der Waals surface area contributed by atoms with Gasteiger partial charge in [0.1, 0.15) is 6.10 Å². The molecule has 0 spiro atoms. The second kappa shape index (κ2) is 42.3. The molecular weight excluding hydrogens is 699 g/mol. The number of hydrogen-bond acceptors (Lipinski definition) is 7. The lowest BCUT2D eigenvalue weighted by atomic mass is 10.0. The highest BCUT2D eigenvalue weighted by molar-refractivity contribution is 5.87. The summed E-state index contributed by atoms with van der Waals surface area (Å²) in [5.41, 5.74) is 0. The van der Waals surface area contributed by atoms with Crippen molar-refractivity contribution in [3.63, 3.8) is 0 Å². The fraction of sp³-hybridized carbons (Fsp3) is 0.854. The number of rotatable bonds is 43. The molecule has 0 fully saturated rings. The van der Waals surface area contributed by atoms with Crippen molar-refractivity contribution in [1.82, 2.24) is 15.1 Å². The molecule has 1 N–H and O–H groups in total. The Morgan fingerprint density at radius 1 is 0.554 bits per heavy atom. The highest BCUT2D eigenvalue weighted by Crippen LogP contribution is 2.18. The Morgan fingerprint density at radius 3 is 1.54 bits per heavy atom. The molecule has 56 heavy (non-hydrogen) atoms. The van der Waals surface area contributed by atoms with Gasteiger partial charge >= 0.3 is 11.9 Å². The Labute approximate surface area is 346 Å². The molecule has 0 heterocycles. The second-order valence-electron chi connectivity index (χ2n) is 16.1. The summed E-state index contributed by atoms with van der Waals surface area (Å²) in [6.45, 7) is 15.2. The van der Waals surface area contributed by atoms with Crippen molar-refractivity contribution in [1.29, 1.82) is 0 Å². The summed E-state index contributed by atoms with van der Waals surface area (Å²) in [4.78, 5) is 41.1. The SMILES string of the molecule is C=CN(/C=C\C(=O)NC)CCCN(CCCCCCCC(=O)OCCCCCCCCC)CCCCCCCC(=O)OC(CCCCCC)CCCCCCC. The van der Waals surface area contributed by atoms with Crippen LogP contribution in [-0.4, -0.2) is 73.6 Å². The van der Waals surface area contributed by atoms with E-state index < -0.39 is 0 Å². The molecule has 0 aliphatic rings. The van der Waals surface area contributed by atoms with Crippen molar-refractivity contribution in [2.75, 3.05) is 39.8 Å². The normalized spacial score (nSPS) is 11.9. The third-order valence-electron chi connectivity index (χ3n) is 10.8. The van der Waals surface area contributed by atoms with Gasteiger partial charge in [-0.3, -0.25) is 14.4 Å². The van der Waals surface area contributed by atoms with Crippen molar-refractivity contribution < 1.29 is 23.9 Å². The number of likely N-dealkylation sites (N-methyl/N-ethyl adjacent to an activating group) is 1. The van der Waals surface area contributed by atoms with Gasteiger partial charge in [-0.2, -0.15) is 0 Å². The van der Waals surface area contributed by atoms with E-state index in [9.17, 15) is 14.4 Å². The molecule has 1 amide bonds. The summed E-state index contributed by atoms with van der Waals surface area (Å²) in [6.07, 6.45) is 40.0. The summed E-state index contributed by atoms with van der Waals surface area (Å²) in [5, 5.41) is 2.62. The Bertz CT molecular complexity index is 942. The van der Waals surface area contributed by atoms with Crippen molar-refractivity contribution in [3.8, 4) is 0 Å². The van der Waals surface area contributed by atoms with Gasteiger partial charge in [0.2, 0.25) is 5.91 Å². The van der Waals surface area contributed by atoms with E-state index in [1.54, 1.807) is 19.4 Å². The van der Waals surface area contributed by atoms with Crippen LogP contribution in [0.25, 0.3) is 0 Å². The second-order valence-corrected chi connectivity index (χ2v) is 16.1. The van der Waals surface area contributed by atoms with Crippen molar-refractivity contribution in [2.45, 2.75) is 226 Å². The van der Waals surface area contributed by atoms with Gasteiger partial charge in [0, 0.05) is 38.7 Å². The van der Waals surface area contributed by atoms with E-state index in [0.29, 0.717) is 19.4 Å². The number of ether oxygens (including phenoxy) is 2. The molecule has 328 valence electrons. The maximum absolute atomic E-state index is 12.7. The van der Waals surface area contributed by atoms with Crippen LogP contribution in [0.15, 0.2) is 25.1 Å². The molecule has 0 saturated heterocycles. The number of esters is 2. The monoisotopic (exact) mass is 790 g/mol. The Kier molecular flexibility index (Phi) is 40.5. The number of carbonyl (C=O) groups is 3. The minimum atomic E-state index is -0.120. The summed E-state index contributed by atoms with van der Waals surface area (Å²) < 4.78 is 11.5. The van der Waals surface area contributed by atoms with E-state index in [4.69, 9.17) is 9.47 Å². The lowest BCUT2D eigenvalue weighted by Crippen LogP contribution is -2.29. The third kappa shape index (κ3) is 37.2. The number of carbonyl (C=O) groups excluding carboxylic acids is 3. The average Bonchev–Trinajstić information content (AvgIpc) is 3.20. The average molecular weight is 790 g/mol. The molecule has 0 aliphatic heterocycles. The first-order chi connectivity index (χ1) is 27.4. The zero-order chi connectivity index (χ0) is 41.2. The predicted molar refractivity (Wildman–Crippen MR) is 238 cm³/mol. The van der Waals surface area contributed by atoms with Gasteiger partial charge in [-0.25, -0.2) is 0 Å². The largest absolute Gasteiger partial charge is 0.466 e. The number of amides is 1. The molecule has 8 nitrogen and oxygen atoms in total. The fourth-order valence-corrected chi connectivity index (χ4v) is 7.15. The molecule has 0 bridgehead atoms. The van der Waals surface area contributed by atoms with Crippen LogP contribution in [0.5, 0.6) is 0 Å². The third-order valence-corrected chi connectivity index (χ3v) is 10.8. The first-order valence-electron chi connectivity index (χ1n) is 23.8. The number of hydrogen-bond donors (Lipinski definition) is 1. The molecule has 0 saturated carbocycles. The van der Waals surface area contributed by atoms with E-state index in [1.807, 2.05) is 4.90 Å². The molecule has 0 aromatic rings. The summed E-state index contributed by atoms with van der Waals surface area (Å²) in [5.74, 6) is -0.153. The Morgan fingerprint density at radius 2 is 1.00 bits per heavy atom. The van der Waals surface area contributed by atoms with Gasteiger partial charge in [0.15, 0.2) is 0 Å². The molecule has 0 radical (unpaired) electrons. The topological polar surface area (TPSA) is 88.2 Å². The number of unbranched alkanes of at least 4 members (excludes halogenated alkanes) is 21. The first-order valence-corrected chi connectivity index (χ1v) is 23.8. The van der Waals surface area contributed by atoms with E-state index in [2.05, 4.69) is 37.6 Å². The van der Waals surface area contributed by atoms with Crippen LogP contribution < -0.4 is 5.32 Å². The smallest absolute Gasteiger partial charge is 0.306 e. The van der Waals surface area contributed by atoms with Gasteiger partial charge in [0.05, 0.1) is 6.61 Å². The predicted octanol–water partition coefficient (Wildman–Crippen LogP) is 12.6. The van der Waals surface area contributed by atoms with Crippen LogP contribution in [0, 0.1) is 0 Å². The molecule has 1 unspecified atom stereocenters. The van der Waals surface area contributed by atoms with E-state index in [-0.39, 0.29) is 23.9 Å². The maximum atomic E-state index is 12.7. The van der Waals surface area contributed by atoms with Crippen LogP contribution in [0.1, 0.15) is 220 Å². The van der Waals surface area contributed by atoms with Crippen molar-refractivity contribution in [3.05, 3.63) is 25.1 Å². The minimum Gasteiger partial charge on any atom is -0.466 e. The van der Waals surface area contributed by atoms with Crippen LogP contribution in [0.4, 0.5) is 0 Å². The Hall–Kier alpha value is -2.35. The van der Waals surface area contributed by atoms with E-state index in [1.165, 1.54) is 102 Å². The zero-order valence-corrected chi connectivity index (χ0v) is 37.4. The lowest BCUT2D eigenvalue weighted by Gasteiger charge is -2.24. The van der Waals surface area contributed by atoms with Crippen molar-refractivity contribution >= 4 is 17.8 Å². The van der Waals surface area contributed by atoms with Gasteiger partial charge in [-0.15, -0.1) is 0 Å². The lowest BCUT2D eigenvalue weighted by molar-refractivity contribution is -0.150. The van der Waals surface area contributed by atoms with Gasteiger partial charge in [-0.05, 0) is 90.0 Å². The standard InChI is InChI=1S/C48H91N3O5/c1-6-10-13-16-17-25-32-44-55-47(53)36-28-21-18-23-30-39-51(42-33-41-50(9-4)43-38-46(52)49-5)40-31-24-19-22-29-37-48(54)56-45(34-26-15-12-8-3)35-27-20-14-11-7-2/h9,38,43,45H,4,6-8,10-37,39-42,44H2,1-3,5H3,(H,49,52)/b43-38-. The molecule has 1 atom stereocenters. The maximum Gasteiger partial charge on any atom is 0.306 e. The first kappa shape index (κ1) is 53.6. The summed E-state index contributed by atoms with van der Waals surface area (Å²) in [6, 6.07) is 0. The molecule has 0 aromatic carbocycles. The summed E-state index contributed by atoms with van der Waals surface area (Å²) >= 11 is 0. The molecule has 8 heteroatoms. The van der Waals surface area contributed by atoms with E-state index >= 15 is 0 Å². The molecular formula is C48H91N3O5. The minimum absolute atomic E-state index is 0.00250. The van der Waals surface area contributed by atoms with Crippen molar-refractivity contribution in [2.24, 2.45) is 0 Å². The van der Waals surface area contributed by atoms with Gasteiger partial charge in [0.25, 0.3) is 0 Å². The molecule has 0 aromatic heterocycles. The van der Waals surface area contributed by atoms with Gasteiger partial charge in [-0.1, -0.05) is 149 Å². The quantitative estimate of drug-likeness (QED) is 0.0374.